The van der Waals surface area contributed by atoms with E-state index in [-0.39, 0.29) is 5.91 Å². The molecule has 3 aromatic rings. The van der Waals surface area contributed by atoms with E-state index in [1.807, 2.05) is 0 Å². The smallest absolute Gasteiger partial charge is 0.258 e. The van der Waals surface area contributed by atoms with E-state index in [1.165, 1.54) is 29.6 Å². The average Bonchev–Trinajstić information content (AvgIpc) is 2.95. The van der Waals surface area contributed by atoms with Crippen molar-refractivity contribution in [1.29, 1.82) is 0 Å². The highest BCUT2D eigenvalue weighted by atomic mass is 32.1. The van der Waals surface area contributed by atoms with Gasteiger partial charge in [0.05, 0.1) is 10.9 Å². The number of amides is 1. The Labute approximate surface area is 131 Å². The lowest BCUT2D eigenvalue weighted by molar-refractivity contribution is 0.102. The van der Waals surface area contributed by atoms with E-state index >= 15 is 0 Å². The molecular weight excluding hydrogens is 296 g/mol. The van der Waals surface area contributed by atoms with Crippen molar-refractivity contribution in [3.05, 3.63) is 46.9 Å². The molecule has 1 aliphatic rings. The molecule has 3 heterocycles. The van der Waals surface area contributed by atoms with E-state index in [0.717, 1.165) is 23.1 Å². The third-order valence-electron chi connectivity index (χ3n) is 3.91. The number of nitrogens with one attached hydrogen (secondary N) is 1. The molecule has 0 aromatic carbocycles. The zero-order valence-electron chi connectivity index (χ0n) is 11.9. The Bertz CT molecular complexity index is 844. The quantitative estimate of drug-likeness (QED) is 0.789. The zero-order valence-corrected chi connectivity index (χ0v) is 12.7. The molecule has 4 rings (SSSR count). The number of anilines is 1. The van der Waals surface area contributed by atoms with Gasteiger partial charge in [-0.25, -0.2) is 9.97 Å². The molecule has 1 aliphatic carbocycles. The van der Waals surface area contributed by atoms with Gasteiger partial charge in [-0.1, -0.05) is 0 Å². The van der Waals surface area contributed by atoms with E-state index in [0.29, 0.717) is 11.4 Å². The van der Waals surface area contributed by atoms with Crippen molar-refractivity contribution >= 4 is 33.3 Å². The summed E-state index contributed by atoms with van der Waals surface area (Å²) < 4.78 is 0. The third kappa shape index (κ3) is 2.25. The van der Waals surface area contributed by atoms with Crippen LogP contribution in [0.4, 0.5) is 5.82 Å². The summed E-state index contributed by atoms with van der Waals surface area (Å²) in [5.41, 5.74) is 1.84. The molecule has 0 bridgehead atoms. The number of pyridine rings is 1. The molecule has 6 heteroatoms. The van der Waals surface area contributed by atoms with Gasteiger partial charge in [-0.3, -0.25) is 9.78 Å². The Morgan fingerprint density at radius 1 is 1.23 bits per heavy atom. The summed E-state index contributed by atoms with van der Waals surface area (Å²) in [5.74, 6) is 0.419. The summed E-state index contributed by atoms with van der Waals surface area (Å²) in [7, 11) is 0. The fourth-order valence-corrected chi connectivity index (χ4v) is 4.09. The van der Waals surface area contributed by atoms with Crippen LogP contribution in [0, 0.1) is 0 Å². The van der Waals surface area contributed by atoms with Crippen LogP contribution < -0.4 is 5.32 Å². The summed E-state index contributed by atoms with van der Waals surface area (Å²) in [6.07, 6.45) is 9.27. The van der Waals surface area contributed by atoms with Crippen molar-refractivity contribution in [2.45, 2.75) is 25.7 Å². The van der Waals surface area contributed by atoms with Gasteiger partial charge in [0, 0.05) is 17.3 Å². The molecule has 1 amide bonds. The second-order valence-corrected chi connectivity index (χ2v) is 6.39. The molecule has 0 saturated carbocycles. The maximum atomic E-state index is 12.3. The van der Waals surface area contributed by atoms with Crippen LogP contribution in [0.5, 0.6) is 0 Å². The van der Waals surface area contributed by atoms with Gasteiger partial charge in [-0.15, -0.1) is 11.3 Å². The van der Waals surface area contributed by atoms with E-state index in [2.05, 4.69) is 20.3 Å². The minimum Gasteiger partial charge on any atom is -0.306 e. The SMILES string of the molecule is O=C(Nc1ncnc2sc3c(c12)CCCC3)c1cccnc1. The lowest BCUT2D eigenvalue weighted by Gasteiger charge is -2.12. The van der Waals surface area contributed by atoms with Gasteiger partial charge in [0.1, 0.15) is 17.0 Å². The maximum absolute atomic E-state index is 12.3. The monoisotopic (exact) mass is 310 g/mol. The van der Waals surface area contributed by atoms with Crippen LogP contribution in [0.2, 0.25) is 0 Å². The number of hydrogen-bond acceptors (Lipinski definition) is 5. The first kappa shape index (κ1) is 13.3. The van der Waals surface area contributed by atoms with Crippen LogP contribution in [-0.2, 0) is 12.8 Å². The molecule has 110 valence electrons. The predicted octanol–water partition coefficient (Wildman–Crippen LogP) is 3.22. The first-order valence-electron chi connectivity index (χ1n) is 7.29. The van der Waals surface area contributed by atoms with E-state index < -0.39 is 0 Å². The van der Waals surface area contributed by atoms with Crippen LogP contribution in [0.1, 0.15) is 33.6 Å². The molecule has 22 heavy (non-hydrogen) atoms. The highest BCUT2D eigenvalue weighted by Crippen LogP contribution is 2.38. The van der Waals surface area contributed by atoms with E-state index in [4.69, 9.17) is 0 Å². The van der Waals surface area contributed by atoms with Gasteiger partial charge < -0.3 is 5.32 Å². The summed E-state index contributed by atoms with van der Waals surface area (Å²) in [4.78, 5) is 27.3. The molecule has 0 saturated heterocycles. The molecule has 3 aromatic heterocycles. The van der Waals surface area contributed by atoms with Crippen LogP contribution >= 0.6 is 11.3 Å². The maximum Gasteiger partial charge on any atom is 0.258 e. The van der Waals surface area contributed by atoms with Crippen LogP contribution in [0.3, 0.4) is 0 Å². The molecule has 0 fully saturated rings. The first-order valence-corrected chi connectivity index (χ1v) is 8.11. The topological polar surface area (TPSA) is 67.8 Å². The lowest BCUT2D eigenvalue weighted by atomic mass is 9.97. The van der Waals surface area contributed by atoms with Crippen LogP contribution in [-0.4, -0.2) is 20.9 Å². The largest absolute Gasteiger partial charge is 0.306 e. The van der Waals surface area contributed by atoms with E-state index in [1.54, 1.807) is 35.9 Å². The van der Waals surface area contributed by atoms with Crippen molar-refractivity contribution in [3.63, 3.8) is 0 Å². The van der Waals surface area contributed by atoms with Crippen molar-refractivity contribution in [2.24, 2.45) is 0 Å². The van der Waals surface area contributed by atoms with Crippen LogP contribution in [0.15, 0.2) is 30.9 Å². The van der Waals surface area contributed by atoms with Gasteiger partial charge in [-0.2, -0.15) is 0 Å². The normalized spacial score (nSPS) is 13.8. The number of nitrogens with zero attached hydrogens (tertiary/aromatic N) is 3. The molecule has 0 atom stereocenters. The highest BCUT2D eigenvalue weighted by molar-refractivity contribution is 7.19. The average molecular weight is 310 g/mol. The Kier molecular flexibility index (Phi) is 3.31. The molecular formula is C16H14N4OS. The van der Waals surface area contributed by atoms with Gasteiger partial charge >= 0.3 is 0 Å². The van der Waals surface area contributed by atoms with Gasteiger partial charge in [0.15, 0.2) is 0 Å². The Morgan fingerprint density at radius 2 is 2.14 bits per heavy atom. The first-order chi connectivity index (χ1) is 10.8. The van der Waals surface area contributed by atoms with Crippen molar-refractivity contribution in [2.75, 3.05) is 5.32 Å². The summed E-state index contributed by atoms with van der Waals surface area (Å²) in [6.45, 7) is 0. The number of aryl methyl sites for hydroxylation is 2. The number of carbonyl (C=O) groups is 1. The van der Waals surface area contributed by atoms with Crippen molar-refractivity contribution in [3.8, 4) is 0 Å². The standard InChI is InChI=1S/C16H14N4OS/c21-15(10-4-3-7-17-8-10)20-14-13-11-5-1-2-6-12(11)22-16(13)19-9-18-14/h3-4,7-9H,1-2,5-6H2,(H,18,19,20,21). The van der Waals surface area contributed by atoms with Gasteiger partial charge in [0.25, 0.3) is 5.91 Å². The summed E-state index contributed by atoms with van der Waals surface area (Å²) >= 11 is 1.72. The number of fused-ring (bicyclic) bond motifs is 3. The summed E-state index contributed by atoms with van der Waals surface area (Å²) in [5, 5.41) is 3.93. The number of thiophene rings is 1. The number of hydrogen-bond donors (Lipinski definition) is 1. The second-order valence-electron chi connectivity index (χ2n) is 5.31. The Balaban J connectivity index is 1.76. The predicted molar refractivity (Wildman–Crippen MR) is 86.2 cm³/mol. The van der Waals surface area contributed by atoms with Crippen molar-refractivity contribution < 1.29 is 4.79 Å². The molecule has 1 N–H and O–H groups in total. The minimum atomic E-state index is -0.191. The van der Waals surface area contributed by atoms with E-state index in [9.17, 15) is 4.79 Å². The number of rotatable bonds is 2. The highest BCUT2D eigenvalue weighted by Gasteiger charge is 2.20. The fourth-order valence-electron chi connectivity index (χ4n) is 2.86. The third-order valence-corrected chi connectivity index (χ3v) is 5.11. The van der Waals surface area contributed by atoms with Crippen LogP contribution in [0.25, 0.3) is 10.2 Å². The van der Waals surface area contributed by atoms with Crippen molar-refractivity contribution in [1.82, 2.24) is 15.0 Å². The Morgan fingerprint density at radius 3 is 3.00 bits per heavy atom. The molecule has 0 spiro atoms. The molecule has 5 nitrogen and oxygen atoms in total. The fraction of sp³-hybridized carbons (Fsp3) is 0.250. The molecule has 0 aliphatic heterocycles. The molecule has 0 radical (unpaired) electrons. The van der Waals surface area contributed by atoms with Gasteiger partial charge in [0.2, 0.25) is 0 Å². The zero-order chi connectivity index (χ0) is 14.9. The number of aromatic nitrogens is 3. The summed E-state index contributed by atoms with van der Waals surface area (Å²) in [6, 6.07) is 3.49. The lowest BCUT2D eigenvalue weighted by Crippen LogP contribution is -2.14. The number of carbonyl (C=O) groups excluding carboxylic acids is 1. The molecule has 0 unspecified atom stereocenters. The minimum absolute atomic E-state index is 0.191. The Hall–Kier alpha value is -2.34. The van der Waals surface area contributed by atoms with Gasteiger partial charge in [-0.05, 0) is 43.4 Å². The second kappa shape index (κ2) is 5.46.